The maximum atomic E-state index is 12.4. The standard InChI is InChI=1S/C17H27NO3/c1-6-17(20,7-2)12-18-15(19)16(3,4)13-8-10-14(21-5)11-9-13/h8-11,20H,6-7,12H2,1-5H3,(H,18,19). The van der Waals surface area contributed by atoms with E-state index in [1.165, 1.54) is 0 Å². The highest BCUT2D eigenvalue weighted by atomic mass is 16.5. The number of nitrogens with one attached hydrogen (secondary N) is 1. The van der Waals surface area contributed by atoms with E-state index >= 15 is 0 Å². The monoisotopic (exact) mass is 293 g/mol. The molecule has 1 amide bonds. The number of carbonyl (C=O) groups excluding carboxylic acids is 1. The van der Waals surface area contributed by atoms with E-state index in [1.54, 1.807) is 7.11 Å². The molecule has 1 rings (SSSR count). The molecule has 118 valence electrons. The zero-order valence-electron chi connectivity index (χ0n) is 13.7. The molecule has 0 spiro atoms. The minimum Gasteiger partial charge on any atom is -0.497 e. The lowest BCUT2D eigenvalue weighted by Crippen LogP contribution is -2.47. The van der Waals surface area contributed by atoms with Crippen molar-refractivity contribution in [2.45, 2.75) is 51.6 Å². The summed E-state index contributed by atoms with van der Waals surface area (Å²) >= 11 is 0. The number of methoxy groups -OCH3 is 1. The van der Waals surface area contributed by atoms with Crippen LogP contribution in [0.25, 0.3) is 0 Å². The normalized spacial score (nSPS) is 12.1. The highest BCUT2D eigenvalue weighted by Crippen LogP contribution is 2.26. The van der Waals surface area contributed by atoms with Gasteiger partial charge in [-0.05, 0) is 44.4 Å². The van der Waals surface area contributed by atoms with Crippen molar-refractivity contribution in [3.05, 3.63) is 29.8 Å². The van der Waals surface area contributed by atoms with Crippen molar-refractivity contribution in [3.8, 4) is 5.75 Å². The molecule has 1 aromatic rings. The third-order valence-corrected chi connectivity index (χ3v) is 4.27. The van der Waals surface area contributed by atoms with E-state index in [-0.39, 0.29) is 12.5 Å². The maximum absolute atomic E-state index is 12.4. The van der Waals surface area contributed by atoms with E-state index in [9.17, 15) is 9.90 Å². The molecule has 0 aliphatic carbocycles. The number of ether oxygens (including phenoxy) is 1. The van der Waals surface area contributed by atoms with Crippen molar-refractivity contribution in [1.29, 1.82) is 0 Å². The number of carbonyl (C=O) groups is 1. The fourth-order valence-corrected chi connectivity index (χ4v) is 2.10. The molecular weight excluding hydrogens is 266 g/mol. The van der Waals surface area contributed by atoms with Gasteiger partial charge < -0.3 is 15.2 Å². The molecule has 1 aromatic carbocycles. The molecule has 21 heavy (non-hydrogen) atoms. The number of hydrogen-bond acceptors (Lipinski definition) is 3. The fraction of sp³-hybridized carbons (Fsp3) is 0.588. The second-order valence-electron chi connectivity index (χ2n) is 5.97. The average Bonchev–Trinajstić information content (AvgIpc) is 2.52. The zero-order chi connectivity index (χ0) is 16.1. The molecule has 0 bridgehead atoms. The van der Waals surface area contributed by atoms with Crippen molar-refractivity contribution in [3.63, 3.8) is 0 Å². The summed E-state index contributed by atoms with van der Waals surface area (Å²) in [7, 11) is 1.61. The number of amides is 1. The molecule has 0 aromatic heterocycles. The van der Waals surface area contributed by atoms with E-state index in [0.717, 1.165) is 11.3 Å². The molecule has 0 heterocycles. The van der Waals surface area contributed by atoms with Gasteiger partial charge in [0.25, 0.3) is 0 Å². The highest BCUT2D eigenvalue weighted by Gasteiger charge is 2.32. The Morgan fingerprint density at radius 2 is 1.71 bits per heavy atom. The topological polar surface area (TPSA) is 58.6 Å². The van der Waals surface area contributed by atoms with Crippen LogP contribution in [0.1, 0.15) is 46.1 Å². The molecule has 4 nitrogen and oxygen atoms in total. The largest absolute Gasteiger partial charge is 0.497 e. The zero-order valence-corrected chi connectivity index (χ0v) is 13.7. The van der Waals surface area contributed by atoms with Crippen LogP contribution in [0.2, 0.25) is 0 Å². The SMILES string of the molecule is CCC(O)(CC)CNC(=O)C(C)(C)c1ccc(OC)cc1. The molecule has 0 atom stereocenters. The van der Waals surface area contributed by atoms with Gasteiger partial charge in [0.15, 0.2) is 0 Å². The number of aliphatic hydroxyl groups is 1. The van der Waals surface area contributed by atoms with Crippen LogP contribution in [0, 0.1) is 0 Å². The Balaban J connectivity index is 2.78. The summed E-state index contributed by atoms with van der Waals surface area (Å²) in [6.07, 6.45) is 1.24. The third kappa shape index (κ3) is 4.21. The molecule has 0 radical (unpaired) electrons. The molecule has 0 aliphatic rings. The van der Waals surface area contributed by atoms with Crippen LogP contribution in [0.5, 0.6) is 5.75 Å². The predicted molar refractivity (Wildman–Crippen MR) is 84.6 cm³/mol. The van der Waals surface area contributed by atoms with E-state index in [0.29, 0.717) is 12.8 Å². The second-order valence-corrected chi connectivity index (χ2v) is 5.97. The van der Waals surface area contributed by atoms with Gasteiger partial charge in [-0.1, -0.05) is 26.0 Å². The van der Waals surface area contributed by atoms with Gasteiger partial charge >= 0.3 is 0 Å². The Morgan fingerprint density at radius 3 is 2.14 bits per heavy atom. The van der Waals surface area contributed by atoms with E-state index < -0.39 is 11.0 Å². The van der Waals surface area contributed by atoms with E-state index in [1.807, 2.05) is 52.0 Å². The minimum atomic E-state index is -0.828. The Hall–Kier alpha value is -1.55. The van der Waals surface area contributed by atoms with Crippen LogP contribution in [0.4, 0.5) is 0 Å². The lowest BCUT2D eigenvalue weighted by Gasteiger charge is -2.29. The lowest BCUT2D eigenvalue weighted by atomic mass is 9.83. The van der Waals surface area contributed by atoms with E-state index in [4.69, 9.17) is 4.74 Å². The second kappa shape index (κ2) is 6.94. The molecule has 0 aliphatic heterocycles. The van der Waals surface area contributed by atoms with Gasteiger partial charge in [-0.15, -0.1) is 0 Å². The lowest BCUT2D eigenvalue weighted by molar-refractivity contribution is -0.127. The molecule has 0 saturated carbocycles. The molecule has 0 unspecified atom stereocenters. The summed E-state index contributed by atoms with van der Waals surface area (Å²) in [5.74, 6) is 0.675. The van der Waals surface area contributed by atoms with Crippen molar-refractivity contribution in [2.75, 3.05) is 13.7 Å². The smallest absolute Gasteiger partial charge is 0.230 e. The summed E-state index contributed by atoms with van der Waals surface area (Å²) in [5.41, 5.74) is -0.572. The van der Waals surface area contributed by atoms with Crippen LogP contribution in [-0.4, -0.2) is 30.3 Å². The molecule has 4 heteroatoms. The molecule has 0 fully saturated rings. The number of hydrogen-bond donors (Lipinski definition) is 2. The Bertz CT molecular complexity index is 461. The summed E-state index contributed by atoms with van der Waals surface area (Å²) in [5, 5.41) is 13.1. The van der Waals surface area contributed by atoms with Crippen LogP contribution in [0.3, 0.4) is 0 Å². The number of rotatable bonds is 7. The summed E-state index contributed by atoms with van der Waals surface area (Å²) in [4.78, 5) is 12.4. The first kappa shape index (κ1) is 17.5. The van der Waals surface area contributed by atoms with Gasteiger partial charge in [-0.3, -0.25) is 4.79 Å². The predicted octanol–water partition coefficient (Wildman–Crippen LogP) is 2.64. The van der Waals surface area contributed by atoms with Crippen molar-refractivity contribution >= 4 is 5.91 Å². The van der Waals surface area contributed by atoms with Gasteiger partial charge in [-0.2, -0.15) is 0 Å². The third-order valence-electron chi connectivity index (χ3n) is 4.27. The quantitative estimate of drug-likeness (QED) is 0.812. The van der Waals surface area contributed by atoms with Crippen molar-refractivity contribution in [2.24, 2.45) is 0 Å². The van der Waals surface area contributed by atoms with Crippen molar-refractivity contribution < 1.29 is 14.6 Å². The van der Waals surface area contributed by atoms with Gasteiger partial charge in [0, 0.05) is 6.54 Å². The Morgan fingerprint density at radius 1 is 1.19 bits per heavy atom. The summed E-state index contributed by atoms with van der Waals surface area (Å²) in [6.45, 7) is 7.87. The Kier molecular flexibility index (Phi) is 5.78. The average molecular weight is 293 g/mol. The van der Waals surface area contributed by atoms with Crippen LogP contribution in [0.15, 0.2) is 24.3 Å². The first-order valence-electron chi connectivity index (χ1n) is 7.44. The summed E-state index contributed by atoms with van der Waals surface area (Å²) in [6, 6.07) is 7.48. The highest BCUT2D eigenvalue weighted by molar-refractivity contribution is 5.87. The van der Waals surface area contributed by atoms with Crippen LogP contribution in [-0.2, 0) is 10.2 Å². The van der Waals surface area contributed by atoms with Gasteiger partial charge in [0.1, 0.15) is 5.75 Å². The molecular formula is C17H27NO3. The van der Waals surface area contributed by atoms with Crippen LogP contribution < -0.4 is 10.1 Å². The summed E-state index contributed by atoms with van der Waals surface area (Å²) < 4.78 is 5.13. The van der Waals surface area contributed by atoms with Gasteiger partial charge in [0.05, 0.1) is 18.1 Å². The fourth-order valence-electron chi connectivity index (χ4n) is 2.10. The minimum absolute atomic E-state index is 0.0898. The van der Waals surface area contributed by atoms with Gasteiger partial charge in [0.2, 0.25) is 5.91 Å². The first-order valence-corrected chi connectivity index (χ1v) is 7.44. The first-order chi connectivity index (χ1) is 9.79. The number of benzene rings is 1. The molecule has 2 N–H and O–H groups in total. The van der Waals surface area contributed by atoms with Gasteiger partial charge in [-0.25, -0.2) is 0 Å². The van der Waals surface area contributed by atoms with Crippen LogP contribution >= 0.6 is 0 Å². The maximum Gasteiger partial charge on any atom is 0.230 e. The van der Waals surface area contributed by atoms with Crippen molar-refractivity contribution in [1.82, 2.24) is 5.32 Å². The molecule has 0 saturated heterocycles. The Labute approximate surface area is 127 Å². The van der Waals surface area contributed by atoms with E-state index in [2.05, 4.69) is 5.32 Å².